The molecule has 2 aromatic heterocycles. The van der Waals surface area contributed by atoms with Crippen LogP contribution in [0.5, 0.6) is 0 Å². The van der Waals surface area contributed by atoms with Gasteiger partial charge < -0.3 is 27.0 Å². The number of fused-ring (bicyclic) bond motifs is 1. The van der Waals surface area contributed by atoms with Crippen LogP contribution in [-0.4, -0.2) is 127 Å². The molecule has 0 spiro atoms. The molecular weight excluding hydrogens is 722 g/mol. The predicted molar refractivity (Wildman–Crippen MR) is 220 cm³/mol. The highest BCUT2D eigenvalue weighted by Crippen LogP contribution is 2.30. The van der Waals surface area contributed by atoms with E-state index in [9.17, 15) is 33.6 Å². The van der Waals surface area contributed by atoms with Gasteiger partial charge in [0, 0.05) is 108 Å². The van der Waals surface area contributed by atoms with Gasteiger partial charge in [0.05, 0.1) is 18.1 Å². The van der Waals surface area contributed by atoms with Crippen LogP contribution in [0.4, 0.5) is 0 Å². The van der Waals surface area contributed by atoms with E-state index in [0.717, 1.165) is 67.1 Å². The summed E-state index contributed by atoms with van der Waals surface area (Å²) < 4.78 is 2.99. The van der Waals surface area contributed by atoms with Crippen LogP contribution in [0.2, 0.25) is 0 Å². The molecule has 2 aliphatic rings. The summed E-state index contributed by atoms with van der Waals surface area (Å²) in [4.78, 5) is 77.0. The Balaban J connectivity index is 0.000000677. The highest BCUT2D eigenvalue weighted by molar-refractivity contribution is 6.12. The number of hydrogen-bond acceptors (Lipinski definition) is 13. The van der Waals surface area contributed by atoms with Gasteiger partial charge in [0.15, 0.2) is 0 Å². The van der Waals surface area contributed by atoms with Crippen molar-refractivity contribution in [1.29, 1.82) is 0 Å². The summed E-state index contributed by atoms with van der Waals surface area (Å²) in [5, 5.41) is 23.6. The number of aryl methyl sites for hydroxylation is 2. The van der Waals surface area contributed by atoms with Gasteiger partial charge in [0.2, 0.25) is 0 Å². The van der Waals surface area contributed by atoms with E-state index in [1.54, 1.807) is 42.2 Å². The molecule has 4 heterocycles. The molecule has 4 rings (SSSR count). The molecule has 2 aromatic rings. The maximum absolute atomic E-state index is 11.6. The maximum Gasteiger partial charge on any atom is 0.269 e. The van der Waals surface area contributed by atoms with Crippen molar-refractivity contribution >= 4 is 34.8 Å². The summed E-state index contributed by atoms with van der Waals surface area (Å²) in [5.41, 5.74) is 9.72. The van der Waals surface area contributed by atoms with Crippen LogP contribution in [-0.2, 0) is 50.9 Å². The quantitative estimate of drug-likeness (QED) is 0.115. The second-order valence-corrected chi connectivity index (χ2v) is 14.1. The highest BCUT2D eigenvalue weighted by atomic mass is 16.2. The van der Waals surface area contributed by atoms with E-state index in [1.165, 1.54) is 28.2 Å². The van der Waals surface area contributed by atoms with Crippen LogP contribution in [0.25, 0.3) is 0 Å². The van der Waals surface area contributed by atoms with E-state index in [-0.39, 0.29) is 52.0 Å². The fourth-order valence-electron chi connectivity index (χ4n) is 5.50. The number of amides is 1. The van der Waals surface area contributed by atoms with Gasteiger partial charge in [0.1, 0.15) is 28.5 Å². The number of carbonyl (C=O) groups excluding carboxylic acids is 5. The molecule has 0 aliphatic carbocycles. The minimum atomic E-state index is -0.427. The number of aromatic amines is 2. The number of nitrogens with two attached hydrogens (primary N) is 1. The number of rotatable bonds is 15. The lowest BCUT2D eigenvalue weighted by atomic mass is 9.81. The van der Waals surface area contributed by atoms with Gasteiger partial charge >= 0.3 is 0 Å². The molecule has 8 N–H and O–H groups in total. The number of nitrogens with zero attached hydrogens (tertiary/aromatic N) is 4. The third-order valence-electron chi connectivity index (χ3n) is 9.29. The molecule has 18 nitrogen and oxygen atoms in total. The van der Waals surface area contributed by atoms with Gasteiger partial charge in [-0.1, -0.05) is 0 Å². The Labute approximate surface area is 331 Å². The number of hydrogen-bond donors (Lipinski definition) is 7. The summed E-state index contributed by atoms with van der Waals surface area (Å²) in [6.07, 6.45) is 3.49. The normalized spacial score (nSPS) is 16.0. The smallest absolute Gasteiger partial charge is 0.269 e. The SMILES string of the molecule is CN1N=C2CCNCC2(C)C1=O.CNCCC(=O)C(C)C(C)=O.CNCCC(=O)CC(C)=O.CNCCc1[nH]n(C)c(=O)c1C.Cc1c(CCN)[nH]n(C)c1=O. The number of nitrogens with one attached hydrogen (secondary N) is 6. The van der Waals surface area contributed by atoms with Gasteiger partial charge in [-0.3, -0.25) is 53.1 Å². The van der Waals surface area contributed by atoms with Crippen molar-refractivity contribution in [2.45, 2.75) is 80.1 Å². The van der Waals surface area contributed by atoms with Crippen molar-refractivity contribution in [3.8, 4) is 0 Å². The summed E-state index contributed by atoms with van der Waals surface area (Å²) in [7, 11) is 10.6. The minimum absolute atomic E-state index is 0.0156. The molecular formula is C38H69N11O7. The molecule has 2 atom stereocenters. The fraction of sp³-hybridized carbons (Fsp3) is 0.684. The molecule has 2 aliphatic heterocycles. The minimum Gasteiger partial charge on any atom is -0.330 e. The van der Waals surface area contributed by atoms with Crippen LogP contribution in [0.15, 0.2) is 14.7 Å². The van der Waals surface area contributed by atoms with E-state index in [1.807, 2.05) is 27.8 Å². The number of piperidine rings is 1. The molecule has 1 saturated heterocycles. The first-order valence-electron chi connectivity index (χ1n) is 19.0. The Bertz CT molecular complexity index is 1720. The molecule has 0 aromatic carbocycles. The van der Waals surface area contributed by atoms with E-state index >= 15 is 0 Å². The predicted octanol–water partition coefficient (Wildman–Crippen LogP) is -0.345. The van der Waals surface area contributed by atoms with Crippen LogP contribution < -0.4 is 38.1 Å². The Kier molecular flexibility index (Phi) is 24.4. The monoisotopic (exact) mass is 792 g/mol. The van der Waals surface area contributed by atoms with Crippen molar-refractivity contribution in [2.75, 3.05) is 67.5 Å². The largest absolute Gasteiger partial charge is 0.330 e. The Morgan fingerprint density at radius 1 is 0.839 bits per heavy atom. The van der Waals surface area contributed by atoms with E-state index in [0.29, 0.717) is 32.5 Å². The number of aromatic nitrogens is 4. The van der Waals surface area contributed by atoms with Gasteiger partial charge in [-0.05, 0) is 69.2 Å². The van der Waals surface area contributed by atoms with Crippen LogP contribution >= 0.6 is 0 Å². The number of Topliss-reactive ketones (excluding diaryl/α,β-unsaturated/α-hetero) is 4. The number of likely N-dealkylation sites (N-methyl/N-ethyl adjacent to an activating group) is 1. The average molecular weight is 792 g/mol. The van der Waals surface area contributed by atoms with E-state index < -0.39 is 5.92 Å². The first-order chi connectivity index (χ1) is 26.2. The zero-order chi connectivity index (χ0) is 43.2. The lowest BCUT2D eigenvalue weighted by molar-refractivity contribution is -0.134. The summed E-state index contributed by atoms with van der Waals surface area (Å²) in [6, 6.07) is 0. The molecule has 0 saturated carbocycles. The Morgan fingerprint density at radius 2 is 1.34 bits per heavy atom. The first kappa shape index (κ1) is 51.6. The molecule has 318 valence electrons. The molecule has 1 amide bonds. The van der Waals surface area contributed by atoms with Gasteiger partial charge in [-0.2, -0.15) is 5.10 Å². The van der Waals surface area contributed by atoms with Crippen molar-refractivity contribution in [3.05, 3.63) is 43.2 Å². The molecule has 0 bridgehead atoms. The van der Waals surface area contributed by atoms with Crippen molar-refractivity contribution < 1.29 is 24.0 Å². The zero-order valence-electron chi connectivity index (χ0n) is 35.8. The Hall–Kier alpha value is -4.36. The topological polar surface area (TPSA) is 251 Å². The average Bonchev–Trinajstić information content (AvgIpc) is 3.65. The maximum atomic E-state index is 11.6. The van der Waals surface area contributed by atoms with Gasteiger partial charge in [-0.25, -0.2) is 5.01 Å². The van der Waals surface area contributed by atoms with Gasteiger partial charge in [-0.15, -0.1) is 0 Å². The third kappa shape index (κ3) is 17.2. The number of carbonyl (C=O) groups is 5. The molecule has 56 heavy (non-hydrogen) atoms. The molecule has 1 fully saturated rings. The molecule has 18 heteroatoms. The number of hydrazone groups is 1. The van der Waals surface area contributed by atoms with E-state index in [2.05, 4.69) is 36.6 Å². The fourth-order valence-corrected chi connectivity index (χ4v) is 5.50. The Morgan fingerprint density at radius 3 is 1.75 bits per heavy atom. The lowest BCUT2D eigenvalue weighted by Crippen LogP contribution is -2.48. The molecule has 0 radical (unpaired) electrons. The van der Waals surface area contributed by atoms with Crippen LogP contribution in [0.3, 0.4) is 0 Å². The zero-order valence-corrected chi connectivity index (χ0v) is 35.8. The number of ketones is 4. The first-order valence-corrected chi connectivity index (χ1v) is 19.0. The third-order valence-corrected chi connectivity index (χ3v) is 9.29. The summed E-state index contributed by atoms with van der Waals surface area (Å²) in [5.74, 6) is -0.381. The van der Waals surface area contributed by atoms with Crippen molar-refractivity contribution in [2.24, 2.45) is 36.3 Å². The van der Waals surface area contributed by atoms with E-state index in [4.69, 9.17) is 5.73 Å². The molecule has 2 unspecified atom stereocenters. The summed E-state index contributed by atoms with van der Waals surface area (Å²) in [6.45, 7) is 14.6. The second kappa shape index (κ2) is 26.5. The van der Waals surface area contributed by atoms with Crippen molar-refractivity contribution in [3.63, 3.8) is 0 Å². The van der Waals surface area contributed by atoms with Gasteiger partial charge in [0.25, 0.3) is 17.0 Å². The summed E-state index contributed by atoms with van der Waals surface area (Å²) >= 11 is 0. The highest BCUT2D eigenvalue weighted by Gasteiger charge is 2.46. The standard InChI is InChI=1S/C8H13N3O.C8H15N3O.C8H15NO2.C7H13N3O.C7H13NO2/c1-8-5-9-4-3-6(8)10-11(2)7(8)12;1-6-7(4-5-9-2)10-11(3)8(6)12;1-6(7(2)10)8(11)4-5-9-3;1-5-6(3-4-8)9-10(2)7(5)11;1-6(9)5-7(10)3-4-8-2/h9H,3-5H2,1-2H3;9-10H,4-5H2,1-3H3;6,9H,4-5H2,1-3H3;9H,3-4,8H2,1-2H3;8H,3-5H2,1-2H3. The van der Waals surface area contributed by atoms with Crippen LogP contribution in [0.1, 0.15) is 75.9 Å². The lowest BCUT2D eigenvalue weighted by Gasteiger charge is -2.28. The number of H-pyrrole nitrogens is 2. The second-order valence-electron chi connectivity index (χ2n) is 14.1. The van der Waals surface area contributed by atoms with Crippen molar-refractivity contribution in [1.82, 2.24) is 45.8 Å². The van der Waals surface area contributed by atoms with Crippen LogP contribution in [0, 0.1) is 25.2 Å².